The standard InChI is InChI=1S/C12H13ClN2O4/c1-7-5-6-14(10(7)12(16)17)9-4-2-3-8(13)11(9)15(18)19/h2-4,7,10H,5-6H2,1H3,(H,16,17). The van der Waals surface area contributed by atoms with E-state index < -0.39 is 16.9 Å². The van der Waals surface area contributed by atoms with Crippen LogP contribution in [0.2, 0.25) is 5.02 Å². The molecule has 1 N–H and O–H groups in total. The van der Waals surface area contributed by atoms with Crippen LogP contribution in [0.15, 0.2) is 18.2 Å². The average molecular weight is 285 g/mol. The van der Waals surface area contributed by atoms with E-state index in [1.54, 1.807) is 11.0 Å². The Labute approximate surface area is 114 Å². The highest BCUT2D eigenvalue weighted by Gasteiger charge is 2.39. The second-order valence-corrected chi connectivity index (χ2v) is 5.01. The molecule has 1 saturated heterocycles. The minimum absolute atomic E-state index is 0.0196. The molecule has 2 unspecified atom stereocenters. The maximum Gasteiger partial charge on any atom is 0.326 e. The summed E-state index contributed by atoms with van der Waals surface area (Å²) in [6.45, 7) is 2.30. The number of nitro groups is 1. The van der Waals surface area contributed by atoms with Crippen molar-refractivity contribution >= 4 is 28.9 Å². The maximum absolute atomic E-state index is 11.3. The van der Waals surface area contributed by atoms with Crippen molar-refractivity contribution in [2.24, 2.45) is 5.92 Å². The first kappa shape index (κ1) is 13.6. The number of carboxylic acid groups (broad SMARTS) is 1. The summed E-state index contributed by atoms with van der Waals surface area (Å²) >= 11 is 5.85. The number of aliphatic carboxylic acids is 1. The fraction of sp³-hybridized carbons (Fsp3) is 0.417. The Bertz CT molecular complexity index is 534. The summed E-state index contributed by atoms with van der Waals surface area (Å²) in [4.78, 5) is 23.4. The van der Waals surface area contributed by atoms with E-state index in [2.05, 4.69) is 0 Å². The molecule has 0 radical (unpaired) electrons. The zero-order valence-corrected chi connectivity index (χ0v) is 11.0. The lowest BCUT2D eigenvalue weighted by atomic mass is 10.0. The lowest BCUT2D eigenvalue weighted by molar-refractivity contribution is -0.384. The Morgan fingerprint density at radius 2 is 2.26 bits per heavy atom. The van der Waals surface area contributed by atoms with Gasteiger partial charge in [-0.25, -0.2) is 4.79 Å². The van der Waals surface area contributed by atoms with Crippen LogP contribution in [0.25, 0.3) is 0 Å². The predicted molar refractivity (Wildman–Crippen MR) is 70.7 cm³/mol. The first-order valence-corrected chi connectivity index (χ1v) is 6.23. The number of carboxylic acids is 1. The molecule has 0 aromatic heterocycles. The van der Waals surface area contributed by atoms with Crippen LogP contribution in [0, 0.1) is 16.0 Å². The van der Waals surface area contributed by atoms with Crippen molar-refractivity contribution in [2.45, 2.75) is 19.4 Å². The van der Waals surface area contributed by atoms with Gasteiger partial charge < -0.3 is 10.0 Å². The average Bonchev–Trinajstić information content (AvgIpc) is 2.70. The lowest BCUT2D eigenvalue weighted by Gasteiger charge is -2.25. The number of nitro benzene ring substituents is 1. The topological polar surface area (TPSA) is 83.7 Å². The van der Waals surface area contributed by atoms with Crippen LogP contribution in [0.4, 0.5) is 11.4 Å². The highest BCUT2D eigenvalue weighted by Crippen LogP contribution is 2.39. The fourth-order valence-electron chi connectivity index (χ4n) is 2.51. The minimum Gasteiger partial charge on any atom is -0.480 e. The van der Waals surface area contributed by atoms with Gasteiger partial charge in [0.05, 0.1) is 4.92 Å². The number of para-hydroxylation sites is 1. The van der Waals surface area contributed by atoms with Gasteiger partial charge in [-0.15, -0.1) is 0 Å². The van der Waals surface area contributed by atoms with E-state index in [4.69, 9.17) is 11.6 Å². The van der Waals surface area contributed by atoms with Gasteiger partial charge >= 0.3 is 11.7 Å². The molecule has 2 atom stereocenters. The number of hydrogen-bond donors (Lipinski definition) is 1. The van der Waals surface area contributed by atoms with Crippen LogP contribution in [0.1, 0.15) is 13.3 Å². The lowest BCUT2D eigenvalue weighted by Crippen LogP contribution is -2.39. The molecule has 19 heavy (non-hydrogen) atoms. The van der Waals surface area contributed by atoms with E-state index in [1.807, 2.05) is 6.92 Å². The second-order valence-electron chi connectivity index (χ2n) is 4.61. The largest absolute Gasteiger partial charge is 0.480 e. The fourth-order valence-corrected chi connectivity index (χ4v) is 2.75. The zero-order chi connectivity index (χ0) is 14.2. The van der Waals surface area contributed by atoms with Crippen LogP contribution in [0.3, 0.4) is 0 Å². The summed E-state index contributed by atoms with van der Waals surface area (Å²) in [5.74, 6) is -1.03. The van der Waals surface area contributed by atoms with Crippen LogP contribution < -0.4 is 4.90 Å². The van der Waals surface area contributed by atoms with Crippen molar-refractivity contribution in [3.8, 4) is 0 Å². The van der Waals surface area contributed by atoms with Crippen molar-refractivity contribution in [1.82, 2.24) is 0 Å². The Balaban J connectivity index is 2.50. The minimum atomic E-state index is -0.973. The molecule has 1 fully saturated rings. The Hall–Kier alpha value is -1.82. The highest BCUT2D eigenvalue weighted by molar-refractivity contribution is 6.33. The number of benzene rings is 1. The number of nitrogens with zero attached hydrogens (tertiary/aromatic N) is 2. The van der Waals surface area contributed by atoms with Crippen molar-refractivity contribution in [1.29, 1.82) is 0 Å². The highest BCUT2D eigenvalue weighted by atomic mass is 35.5. The molecule has 1 heterocycles. The first-order valence-electron chi connectivity index (χ1n) is 5.86. The van der Waals surface area contributed by atoms with Crippen molar-refractivity contribution in [2.75, 3.05) is 11.4 Å². The van der Waals surface area contributed by atoms with Gasteiger partial charge in [-0.1, -0.05) is 24.6 Å². The van der Waals surface area contributed by atoms with Crippen LogP contribution in [-0.4, -0.2) is 28.6 Å². The third kappa shape index (κ3) is 2.35. The number of anilines is 1. The molecule has 0 spiro atoms. The van der Waals surface area contributed by atoms with Crippen LogP contribution >= 0.6 is 11.6 Å². The monoisotopic (exact) mass is 284 g/mol. The quantitative estimate of drug-likeness (QED) is 0.681. The zero-order valence-electron chi connectivity index (χ0n) is 10.2. The van der Waals surface area contributed by atoms with Crippen molar-refractivity contribution in [3.05, 3.63) is 33.3 Å². The number of hydrogen-bond acceptors (Lipinski definition) is 4. The van der Waals surface area contributed by atoms with Gasteiger partial charge in [0.2, 0.25) is 0 Å². The molecule has 102 valence electrons. The molecular formula is C12H13ClN2O4. The maximum atomic E-state index is 11.3. The van der Waals surface area contributed by atoms with Gasteiger partial charge in [0, 0.05) is 6.54 Å². The molecule has 1 aliphatic rings. The van der Waals surface area contributed by atoms with Crippen molar-refractivity contribution in [3.63, 3.8) is 0 Å². The molecule has 2 rings (SSSR count). The van der Waals surface area contributed by atoms with Crippen LogP contribution in [-0.2, 0) is 4.79 Å². The summed E-state index contributed by atoms with van der Waals surface area (Å²) in [5.41, 5.74) is 0.0405. The van der Waals surface area contributed by atoms with E-state index >= 15 is 0 Å². The molecule has 1 aliphatic heterocycles. The Kier molecular flexibility index (Phi) is 3.61. The molecule has 0 saturated carbocycles. The van der Waals surface area contributed by atoms with E-state index in [1.165, 1.54) is 12.1 Å². The summed E-state index contributed by atoms with van der Waals surface area (Å²) in [6, 6.07) is 3.81. The normalized spacial score (nSPS) is 22.5. The number of halogens is 1. The molecule has 0 aliphatic carbocycles. The van der Waals surface area contributed by atoms with E-state index in [0.29, 0.717) is 13.0 Å². The molecule has 6 nitrogen and oxygen atoms in total. The van der Waals surface area contributed by atoms with Crippen molar-refractivity contribution < 1.29 is 14.8 Å². The van der Waals surface area contributed by atoms with Gasteiger partial charge in [0.25, 0.3) is 0 Å². The third-order valence-electron chi connectivity index (χ3n) is 3.41. The Morgan fingerprint density at radius 1 is 1.58 bits per heavy atom. The summed E-state index contributed by atoms with van der Waals surface area (Å²) in [7, 11) is 0. The molecule has 0 amide bonds. The van der Waals surface area contributed by atoms with Crippen LogP contribution in [0.5, 0.6) is 0 Å². The summed E-state index contributed by atoms with van der Waals surface area (Å²) in [6.07, 6.45) is 0.681. The molecular weight excluding hydrogens is 272 g/mol. The van der Waals surface area contributed by atoms with E-state index in [0.717, 1.165) is 0 Å². The first-order chi connectivity index (χ1) is 8.93. The number of carbonyl (C=O) groups is 1. The summed E-state index contributed by atoms with van der Waals surface area (Å²) < 4.78 is 0. The second kappa shape index (κ2) is 5.05. The van der Waals surface area contributed by atoms with Gasteiger partial charge in [0.1, 0.15) is 16.8 Å². The van der Waals surface area contributed by atoms with Gasteiger partial charge in [-0.2, -0.15) is 0 Å². The molecule has 7 heteroatoms. The van der Waals surface area contributed by atoms with E-state index in [9.17, 15) is 20.0 Å². The Morgan fingerprint density at radius 3 is 2.84 bits per heavy atom. The van der Waals surface area contributed by atoms with Gasteiger partial charge in [-0.3, -0.25) is 10.1 Å². The van der Waals surface area contributed by atoms with E-state index in [-0.39, 0.29) is 22.3 Å². The predicted octanol–water partition coefficient (Wildman–Crippen LogP) is 2.55. The molecule has 1 aromatic rings. The smallest absolute Gasteiger partial charge is 0.326 e. The van der Waals surface area contributed by atoms with Gasteiger partial charge in [0.15, 0.2) is 0 Å². The SMILES string of the molecule is CC1CCN(c2cccc(Cl)c2[N+](=O)[O-])C1C(=O)O. The van der Waals surface area contributed by atoms with Gasteiger partial charge in [-0.05, 0) is 24.5 Å². The summed E-state index contributed by atoms with van der Waals surface area (Å²) in [5, 5.41) is 20.4. The molecule has 0 bridgehead atoms. The third-order valence-corrected chi connectivity index (χ3v) is 3.72. The molecule has 1 aromatic carbocycles. The number of rotatable bonds is 3.